The van der Waals surface area contributed by atoms with E-state index in [-0.39, 0.29) is 66.8 Å². The fourth-order valence-electron chi connectivity index (χ4n) is 9.31. The third kappa shape index (κ3) is 6.56. The van der Waals surface area contributed by atoms with Crippen molar-refractivity contribution in [3.05, 3.63) is 229 Å². The molecule has 14 heteroatoms. The predicted octanol–water partition coefficient (Wildman–Crippen LogP) is 7.98. The molecule has 0 unspecified atom stereocenters. The Bertz CT molecular complexity index is 3670. The maximum absolute atomic E-state index is 13.8. The zero-order valence-corrected chi connectivity index (χ0v) is 37.4. The largest absolute Gasteiger partial charge is 0.289 e. The molecule has 338 valence electrons. The van der Waals surface area contributed by atoms with Crippen molar-refractivity contribution in [1.29, 1.82) is 0 Å². The van der Waals surface area contributed by atoms with E-state index in [4.69, 9.17) is 0 Å². The van der Waals surface area contributed by atoms with Crippen molar-refractivity contribution in [2.75, 3.05) is 21.7 Å². The van der Waals surface area contributed by atoms with Crippen LogP contribution in [0, 0.1) is 13.8 Å². The average molecular weight is 923 g/mol. The number of carbonyl (C=O) groups is 10. The predicted molar refractivity (Wildman–Crippen MR) is 254 cm³/mol. The smallest absolute Gasteiger partial charge is 0.266 e. The van der Waals surface area contributed by atoms with Gasteiger partial charge in [0.05, 0.1) is 61.6 Å². The summed E-state index contributed by atoms with van der Waals surface area (Å²) in [6.07, 6.45) is 0.423. The van der Waals surface area contributed by atoms with E-state index in [1.807, 2.05) is 19.9 Å². The normalized spacial score (nSPS) is 14.8. The number of nitrogens with zero attached hydrogens (tertiary/aromatic N) is 4. The van der Waals surface area contributed by atoms with Gasteiger partial charge in [0, 0.05) is 29.3 Å². The molecule has 70 heavy (non-hydrogen) atoms. The summed E-state index contributed by atoms with van der Waals surface area (Å²) < 4.78 is 0. The highest BCUT2D eigenvalue weighted by Crippen LogP contribution is 2.35. The zero-order valence-electron chi connectivity index (χ0n) is 37.4. The van der Waals surface area contributed by atoms with Crippen LogP contribution in [-0.2, 0) is 6.42 Å². The van der Waals surface area contributed by atoms with Crippen molar-refractivity contribution in [2.24, 2.45) is 0 Å². The highest BCUT2D eigenvalue weighted by molar-refractivity contribution is 6.37. The standard InChI is InChI=1S/C56H34N4O10/c1-28-4-13-38(22-29(28)2)60-53(67)42-21-12-35(27-46(42)56(60)70)48(62)34-11-20-41-45(26-34)55(69)59(52(41)66)37-16-7-31(8-17-37)23-30-5-14-36(15-6-30)58-51(65)40-19-10-33(25-44(40)54(58)68)47(61)32-9-18-39-43(24-32)50(64)57(3)49(39)63/h4-22,24-27H,23H2,1-3H3. The third-order valence-electron chi connectivity index (χ3n) is 13.3. The number of anilines is 3. The molecule has 14 nitrogen and oxygen atoms in total. The molecule has 4 aliphatic rings. The minimum Gasteiger partial charge on any atom is -0.289 e. The highest BCUT2D eigenvalue weighted by Gasteiger charge is 2.41. The van der Waals surface area contributed by atoms with Gasteiger partial charge in [-0.3, -0.25) is 52.8 Å². The van der Waals surface area contributed by atoms with Crippen molar-refractivity contribution in [3.63, 3.8) is 0 Å². The molecule has 0 radical (unpaired) electrons. The van der Waals surface area contributed by atoms with Gasteiger partial charge < -0.3 is 0 Å². The quantitative estimate of drug-likeness (QED) is 0.102. The molecule has 4 heterocycles. The molecule has 0 aliphatic carbocycles. The lowest BCUT2D eigenvalue weighted by Crippen LogP contribution is -2.29. The van der Waals surface area contributed by atoms with Gasteiger partial charge in [-0.25, -0.2) is 14.7 Å². The first-order valence-corrected chi connectivity index (χ1v) is 22.0. The van der Waals surface area contributed by atoms with Crippen LogP contribution in [0.4, 0.5) is 17.1 Å². The maximum Gasteiger partial charge on any atom is 0.266 e. The topological polar surface area (TPSA) is 184 Å². The van der Waals surface area contributed by atoms with E-state index in [9.17, 15) is 47.9 Å². The summed E-state index contributed by atoms with van der Waals surface area (Å²) in [5.41, 5.74) is 6.10. The number of ketones is 2. The zero-order chi connectivity index (χ0) is 49.0. The molecule has 4 aliphatic heterocycles. The monoisotopic (exact) mass is 922 g/mol. The molecule has 0 fully saturated rings. The molecule has 7 aromatic carbocycles. The van der Waals surface area contributed by atoms with Gasteiger partial charge in [-0.15, -0.1) is 0 Å². The SMILES string of the molecule is Cc1ccc(N2C(=O)c3ccc(C(=O)c4ccc5c(c4)C(=O)N(c4ccc(Cc6ccc(N7C(=O)c8ccc(C(=O)c9ccc%10c(c9)C(=O)N(C)C%10=O)cc8C7=O)cc6)cc4)C5=O)cc3C2=O)cc1C. The number of aryl methyl sites for hydroxylation is 2. The van der Waals surface area contributed by atoms with E-state index in [0.717, 1.165) is 41.9 Å². The van der Waals surface area contributed by atoms with Crippen LogP contribution in [-0.4, -0.2) is 70.8 Å². The molecule has 0 bridgehead atoms. The molecular formula is C56H34N4O10. The van der Waals surface area contributed by atoms with Gasteiger partial charge in [0.1, 0.15) is 0 Å². The van der Waals surface area contributed by atoms with Gasteiger partial charge in [0.15, 0.2) is 11.6 Å². The van der Waals surface area contributed by atoms with E-state index in [2.05, 4.69) is 0 Å². The Labute approximate surface area is 398 Å². The number of imide groups is 4. The lowest BCUT2D eigenvalue weighted by molar-refractivity contribution is 0.0690. The van der Waals surface area contributed by atoms with Gasteiger partial charge in [0.25, 0.3) is 47.3 Å². The third-order valence-corrected chi connectivity index (χ3v) is 13.3. The second kappa shape index (κ2) is 15.8. The first-order chi connectivity index (χ1) is 33.6. The summed E-state index contributed by atoms with van der Waals surface area (Å²) in [6, 6.07) is 35.9. The average Bonchev–Trinajstić information content (AvgIpc) is 3.96. The Morgan fingerprint density at radius 1 is 0.329 bits per heavy atom. The molecule has 0 aromatic heterocycles. The van der Waals surface area contributed by atoms with E-state index >= 15 is 0 Å². The summed E-state index contributed by atoms with van der Waals surface area (Å²) >= 11 is 0. The number of rotatable bonds is 9. The van der Waals surface area contributed by atoms with E-state index < -0.39 is 58.8 Å². The first-order valence-electron chi connectivity index (χ1n) is 22.0. The molecule has 7 aromatic rings. The number of fused-ring (bicyclic) bond motifs is 4. The number of amides is 8. The number of benzene rings is 7. The van der Waals surface area contributed by atoms with Crippen LogP contribution in [0.3, 0.4) is 0 Å². The Morgan fingerprint density at radius 3 is 1.00 bits per heavy atom. The van der Waals surface area contributed by atoms with Crippen molar-refractivity contribution in [1.82, 2.24) is 4.90 Å². The Morgan fingerprint density at radius 2 is 0.629 bits per heavy atom. The van der Waals surface area contributed by atoms with Crippen LogP contribution in [0.25, 0.3) is 0 Å². The van der Waals surface area contributed by atoms with Crippen LogP contribution in [0.15, 0.2) is 140 Å². The van der Waals surface area contributed by atoms with Crippen LogP contribution in [0.1, 0.15) is 137 Å². The second-order valence-corrected chi connectivity index (χ2v) is 17.5. The number of hydrogen-bond donors (Lipinski definition) is 0. The molecule has 11 rings (SSSR count). The summed E-state index contributed by atoms with van der Waals surface area (Å²) in [6.45, 7) is 3.81. The van der Waals surface area contributed by atoms with Gasteiger partial charge in [0.2, 0.25) is 0 Å². The fourth-order valence-corrected chi connectivity index (χ4v) is 9.31. The van der Waals surface area contributed by atoms with Crippen LogP contribution in [0.2, 0.25) is 0 Å². The van der Waals surface area contributed by atoms with Gasteiger partial charge in [-0.1, -0.05) is 54.6 Å². The van der Waals surface area contributed by atoms with Crippen LogP contribution < -0.4 is 14.7 Å². The Hall–Kier alpha value is -9.56. The Balaban J connectivity index is 0.751. The summed E-state index contributed by atoms with van der Waals surface area (Å²) in [5.74, 6) is -5.35. The lowest BCUT2D eigenvalue weighted by atomic mass is 9.96. The molecule has 0 saturated heterocycles. The Kier molecular flexibility index (Phi) is 9.70. The molecular weight excluding hydrogens is 889 g/mol. The molecule has 0 N–H and O–H groups in total. The maximum atomic E-state index is 13.8. The molecule has 0 atom stereocenters. The summed E-state index contributed by atoms with van der Waals surface area (Å²) in [5, 5.41) is 0. The van der Waals surface area contributed by atoms with Crippen LogP contribution in [0.5, 0.6) is 0 Å². The fraction of sp³-hybridized carbons (Fsp3) is 0.0714. The second-order valence-electron chi connectivity index (χ2n) is 17.5. The van der Waals surface area contributed by atoms with Crippen molar-refractivity contribution < 1.29 is 47.9 Å². The number of carbonyl (C=O) groups excluding carboxylic acids is 10. The molecule has 8 amide bonds. The highest BCUT2D eigenvalue weighted by atomic mass is 16.2. The minimum atomic E-state index is -0.614. The minimum absolute atomic E-state index is 0.0434. The van der Waals surface area contributed by atoms with E-state index in [0.29, 0.717) is 23.5 Å². The van der Waals surface area contributed by atoms with Gasteiger partial charge in [-0.2, -0.15) is 0 Å². The van der Waals surface area contributed by atoms with Crippen molar-refractivity contribution in [2.45, 2.75) is 20.3 Å². The van der Waals surface area contributed by atoms with E-state index in [1.54, 1.807) is 60.7 Å². The molecule has 0 saturated carbocycles. The van der Waals surface area contributed by atoms with Gasteiger partial charge >= 0.3 is 0 Å². The van der Waals surface area contributed by atoms with Crippen molar-refractivity contribution >= 4 is 75.9 Å². The molecule has 0 spiro atoms. The van der Waals surface area contributed by atoms with Crippen LogP contribution >= 0.6 is 0 Å². The van der Waals surface area contributed by atoms with Gasteiger partial charge in [-0.05, 0) is 127 Å². The first kappa shape index (κ1) is 43.0. The van der Waals surface area contributed by atoms with Crippen molar-refractivity contribution in [3.8, 4) is 0 Å². The lowest BCUT2D eigenvalue weighted by Gasteiger charge is -2.15. The summed E-state index contributed by atoms with van der Waals surface area (Å²) in [4.78, 5) is 138. The van der Waals surface area contributed by atoms with E-state index in [1.165, 1.54) is 79.8 Å². The summed E-state index contributed by atoms with van der Waals surface area (Å²) in [7, 11) is 1.36. The number of hydrogen-bond acceptors (Lipinski definition) is 10.